The van der Waals surface area contributed by atoms with Crippen LogP contribution in [0.5, 0.6) is 0 Å². The molecule has 0 fully saturated rings. The third kappa shape index (κ3) is 3.61. The molecule has 116 valence electrons. The van der Waals surface area contributed by atoms with Crippen LogP contribution in [-0.2, 0) is 16.2 Å². The Hall–Kier alpha value is -2.42. The molecular formula is C13H10F3N3O2S. The molecule has 5 nitrogen and oxygen atoms in total. The number of rotatable bonds is 4. The summed E-state index contributed by atoms with van der Waals surface area (Å²) in [6.07, 6.45) is -4.48. The van der Waals surface area contributed by atoms with Gasteiger partial charge in [-0.25, -0.2) is 13.9 Å². The number of nitrogens with one attached hydrogen (secondary N) is 2. The van der Waals surface area contributed by atoms with Gasteiger partial charge in [-0.1, -0.05) is 0 Å². The first-order valence-electron chi connectivity index (χ1n) is 5.90. The number of benzene rings is 2. The van der Waals surface area contributed by atoms with E-state index in [9.17, 15) is 21.6 Å². The van der Waals surface area contributed by atoms with Crippen molar-refractivity contribution in [3.63, 3.8) is 0 Å². The van der Waals surface area contributed by atoms with E-state index in [1.54, 1.807) is 0 Å². The fourth-order valence-electron chi connectivity index (χ4n) is 1.64. The highest BCUT2D eigenvalue weighted by Gasteiger charge is 2.30. The van der Waals surface area contributed by atoms with E-state index in [2.05, 4.69) is 9.84 Å². The van der Waals surface area contributed by atoms with Gasteiger partial charge in [0, 0.05) is 5.69 Å². The van der Waals surface area contributed by atoms with Crippen molar-refractivity contribution in [2.24, 2.45) is 5.11 Å². The normalized spacial score (nSPS) is 12.0. The Morgan fingerprint density at radius 2 is 1.50 bits per heavy atom. The number of sulfonamides is 1. The average molecular weight is 329 g/mol. The molecule has 0 heterocycles. The van der Waals surface area contributed by atoms with Crippen LogP contribution < -0.4 is 4.72 Å². The molecule has 0 radical (unpaired) electrons. The van der Waals surface area contributed by atoms with Crippen LogP contribution in [0.1, 0.15) is 5.56 Å². The second-order valence-corrected chi connectivity index (χ2v) is 5.97. The lowest BCUT2D eigenvalue weighted by Crippen LogP contribution is -2.13. The zero-order valence-electron chi connectivity index (χ0n) is 10.9. The molecule has 2 rings (SSSR count). The van der Waals surface area contributed by atoms with E-state index in [0.717, 1.165) is 24.3 Å². The summed E-state index contributed by atoms with van der Waals surface area (Å²) in [5.74, 6) is 0. The maximum absolute atomic E-state index is 12.4. The van der Waals surface area contributed by atoms with Crippen LogP contribution in [-0.4, -0.2) is 8.42 Å². The molecule has 0 atom stereocenters. The minimum absolute atomic E-state index is 0.0160. The van der Waals surface area contributed by atoms with Crippen molar-refractivity contribution >= 4 is 21.4 Å². The van der Waals surface area contributed by atoms with Crippen LogP contribution >= 0.6 is 0 Å². The molecule has 0 spiro atoms. The summed E-state index contributed by atoms with van der Waals surface area (Å²) in [6, 6.07) is 8.84. The number of hydrogen-bond acceptors (Lipinski definition) is 4. The maximum atomic E-state index is 12.4. The van der Waals surface area contributed by atoms with E-state index in [1.807, 2.05) is 0 Å². The third-order valence-electron chi connectivity index (χ3n) is 2.74. The molecule has 0 amide bonds. The Morgan fingerprint density at radius 1 is 0.955 bits per heavy atom. The molecule has 22 heavy (non-hydrogen) atoms. The molecule has 9 heteroatoms. The van der Waals surface area contributed by atoms with Gasteiger partial charge in [0.25, 0.3) is 10.0 Å². The molecule has 0 aromatic heterocycles. The Bertz CT molecular complexity index is 770. The quantitative estimate of drug-likeness (QED) is 0.825. The van der Waals surface area contributed by atoms with E-state index in [0.29, 0.717) is 0 Å². The van der Waals surface area contributed by atoms with Gasteiger partial charge in [0.05, 0.1) is 16.1 Å². The number of halogens is 3. The monoisotopic (exact) mass is 329 g/mol. The fraction of sp³-hybridized carbons (Fsp3) is 0.0769. The lowest BCUT2D eigenvalue weighted by molar-refractivity contribution is -0.137. The van der Waals surface area contributed by atoms with Crippen molar-refractivity contribution in [2.75, 3.05) is 4.72 Å². The summed E-state index contributed by atoms with van der Waals surface area (Å²) < 4.78 is 63.6. The van der Waals surface area contributed by atoms with Gasteiger partial charge in [0.1, 0.15) is 0 Å². The van der Waals surface area contributed by atoms with E-state index in [4.69, 9.17) is 5.53 Å². The Morgan fingerprint density at radius 3 is 1.95 bits per heavy atom. The van der Waals surface area contributed by atoms with Gasteiger partial charge >= 0.3 is 6.18 Å². The molecule has 2 aromatic carbocycles. The zero-order chi connectivity index (χ0) is 16.4. The van der Waals surface area contributed by atoms with Crippen molar-refractivity contribution in [3.05, 3.63) is 54.1 Å². The SMILES string of the molecule is N=Nc1ccc(S(=O)(=O)Nc2ccc(C(F)(F)F)cc2)cc1. The van der Waals surface area contributed by atoms with Crippen molar-refractivity contribution < 1.29 is 21.6 Å². The minimum atomic E-state index is -4.48. The van der Waals surface area contributed by atoms with E-state index in [-0.39, 0.29) is 16.3 Å². The molecule has 0 aliphatic heterocycles. The Kier molecular flexibility index (Phi) is 4.18. The number of alkyl halides is 3. The Balaban J connectivity index is 2.22. The van der Waals surface area contributed by atoms with Crippen molar-refractivity contribution in [3.8, 4) is 0 Å². The zero-order valence-corrected chi connectivity index (χ0v) is 11.7. The predicted octanol–water partition coefficient (Wildman–Crippen LogP) is 4.17. The lowest BCUT2D eigenvalue weighted by atomic mass is 10.2. The third-order valence-corrected chi connectivity index (χ3v) is 4.14. The van der Waals surface area contributed by atoms with Crippen LogP contribution in [0.4, 0.5) is 24.5 Å². The van der Waals surface area contributed by atoms with Crippen LogP contribution in [0.25, 0.3) is 0 Å². The molecule has 0 saturated carbocycles. The van der Waals surface area contributed by atoms with Crippen LogP contribution in [0.15, 0.2) is 58.5 Å². The first kappa shape index (κ1) is 16.0. The van der Waals surface area contributed by atoms with Crippen LogP contribution in [0.3, 0.4) is 0 Å². The van der Waals surface area contributed by atoms with Gasteiger partial charge in [0.15, 0.2) is 0 Å². The number of nitrogens with zero attached hydrogens (tertiary/aromatic N) is 1. The van der Waals surface area contributed by atoms with Gasteiger partial charge in [0.2, 0.25) is 0 Å². The predicted molar refractivity (Wildman–Crippen MR) is 73.5 cm³/mol. The van der Waals surface area contributed by atoms with E-state index >= 15 is 0 Å². The fourth-order valence-corrected chi connectivity index (χ4v) is 2.70. The highest BCUT2D eigenvalue weighted by atomic mass is 32.2. The summed E-state index contributed by atoms with van der Waals surface area (Å²) in [4.78, 5) is -0.0835. The summed E-state index contributed by atoms with van der Waals surface area (Å²) in [6.45, 7) is 0. The van der Waals surface area contributed by atoms with Gasteiger partial charge in [-0.05, 0) is 48.5 Å². The molecular weight excluding hydrogens is 319 g/mol. The summed E-state index contributed by atoms with van der Waals surface area (Å²) in [7, 11) is -3.92. The Labute approximate surface area is 124 Å². The van der Waals surface area contributed by atoms with Crippen LogP contribution in [0, 0.1) is 5.53 Å². The van der Waals surface area contributed by atoms with Gasteiger partial charge in [-0.15, -0.1) is 0 Å². The van der Waals surface area contributed by atoms with E-state index in [1.165, 1.54) is 24.3 Å². The number of anilines is 1. The van der Waals surface area contributed by atoms with Crippen molar-refractivity contribution in [1.29, 1.82) is 5.53 Å². The molecule has 0 aliphatic carbocycles. The van der Waals surface area contributed by atoms with Crippen LogP contribution in [0.2, 0.25) is 0 Å². The average Bonchev–Trinajstić information content (AvgIpc) is 2.46. The molecule has 0 saturated heterocycles. The standard InChI is InChI=1S/C13H10F3N3O2S/c14-13(15,16)9-1-3-11(4-2-9)19-22(20,21)12-7-5-10(18-17)6-8-12/h1-8,17,19H. The van der Waals surface area contributed by atoms with Gasteiger partial charge < -0.3 is 0 Å². The van der Waals surface area contributed by atoms with Gasteiger partial charge in [-0.2, -0.15) is 18.3 Å². The first-order valence-corrected chi connectivity index (χ1v) is 7.38. The number of hydrogen-bond donors (Lipinski definition) is 2. The van der Waals surface area contributed by atoms with Crippen molar-refractivity contribution in [2.45, 2.75) is 11.1 Å². The molecule has 0 unspecified atom stereocenters. The molecule has 0 aliphatic rings. The highest BCUT2D eigenvalue weighted by molar-refractivity contribution is 7.92. The molecule has 0 bridgehead atoms. The van der Waals surface area contributed by atoms with Crippen molar-refractivity contribution in [1.82, 2.24) is 0 Å². The van der Waals surface area contributed by atoms with E-state index < -0.39 is 21.8 Å². The summed E-state index contributed by atoms with van der Waals surface area (Å²) in [5.41, 5.74) is 6.23. The minimum Gasteiger partial charge on any atom is -0.280 e. The second kappa shape index (κ2) is 5.76. The smallest absolute Gasteiger partial charge is 0.280 e. The second-order valence-electron chi connectivity index (χ2n) is 4.29. The molecule has 2 N–H and O–H groups in total. The largest absolute Gasteiger partial charge is 0.416 e. The lowest BCUT2D eigenvalue weighted by Gasteiger charge is -2.10. The maximum Gasteiger partial charge on any atom is 0.416 e. The molecule has 2 aromatic rings. The topological polar surface area (TPSA) is 82.4 Å². The van der Waals surface area contributed by atoms with Gasteiger partial charge in [-0.3, -0.25) is 4.72 Å². The highest BCUT2D eigenvalue weighted by Crippen LogP contribution is 2.30. The summed E-state index contributed by atoms with van der Waals surface area (Å²) >= 11 is 0. The first-order chi connectivity index (χ1) is 10.2. The summed E-state index contributed by atoms with van der Waals surface area (Å²) in [5, 5.41) is 3.14.